The van der Waals surface area contributed by atoms with Gasteiger partial charge in [-0.3, -0.25) is 4.79 Å². The number of benzene rings is 1. The number of fused-ring (bicyclic) bond motifs is 1. The molecule has 0 saturated heterocycles. The quantitative estimate of drug-likeness (QED) is 0.670. The zero-order valence-electron chi connectivity index (χ0n) is 17.4. The van der Waals surface area contributed by atoms with Crippen LogP contribution in [0.5, 0.6) is 5.75 Å². The molecule has 0 radical (unpaired) electrons. The summed E-state index contributed by atoms with van der Waals surface area (Å²) in [6.07, 6.45) is 3.62. The molecule has 4 rings (SSSR count). The standard InChI is InChI=1S/C22H26N4O3/c1-13(15-6-8-16(28-5)9-7-15)26(4)21(27)17-14(2)29-20-18(17)19(23-12-24-20)25-22(3)10-11-22/h6-9,12-13H,10-11H2,1-5H3,(H,23,24,25)/t13-/m0/s1. The van der Waals surface area contributed by atoms with E-state index in [4.69, 9.17) is 9.15 Å². The highest BCUT2D eigenvalue weighted by Gasteiger charge is 2.39. The summed E-state index contributed by atoms with van der Waals surface area (Å²) in [5, 5.41) is 4.11. The number of hydrogen-bond donors (Lipinski definition) is 1. The Labute approximate surface area is 170 Å². The maximum Gasteiger partial charge on any atom is 0.258 e. The third-order valence-electron chi connectivity index (χ3n) is 5.80. The Morgan fingerprint density at radius 1 is 1.28 bits per heavy atom. The number of nitrogens with one attached hydrogen (secondary N) is 1. The first-order valence-corrected chi connectivity index (χ1v) is 9.76. The van der Waals surface area contributed by atoms with Crippen molar-refractivity contribution in [3.05, 3.63) is 47.5 Å². The van der Waals surface area contributed by atoms with Crippen LogP contribution in [0.1, 0.15) is 54.4 Å². The molecule has 1 fully saturated rings. The zero-order valence-corrected chi connectivity index (χ0v) is 17.4. The first-order valence-electron chi connectivity index (χ1n) is 9.76. The maximum atomic E-state index is 13.5. The van der Waals surface area contributed by atoms with Gasteiger partial charge in [0.1, 0.15) is 23.7 Å². The molecule has 152 valence electrons. The van der Waals surface area contributed by atoms with Gasteiger partial charge in [0.2, 0.25) is 5.71 Å². The predicted octanol–water partition coefficient (Wildman–Crippen LogP) is 4.34. The first-order chi connectivity index (χ1) is 13.8. The van der Waals surface area contributed by atoms with Gasteiger partial charge in [0.05, 0.1) is 24.1 Å². The van der Waals surface area contributed by atoms with Crippen LogP contribution in [0.25, 0.3) is 11.1 Å². The number of methoxy groups -OCH3 is 1. The molecule has 1 atom stereocenters. The van der Waals surface area contributed by atoms with Gasteiger partial charge in [-0.25, -0.2) is 9.97 Å². The first kappa shape index (κ1) is 19.2. The lowest BCUT2D eigenvalue weighted by atomic mass is 10.1. The molecule has 3 aromatic rings. The van der Waals surface area contributed by atoms with Gasteiger partial charge in [0, 0.05) is 12.6 Å². The van der Waals surface area contributed by atoms with E-state index in [1.54, 1.807) is 26.0 Å². The Balaban J connectivity index is 1.69. The number of rotatable bonds is 6. The van der Waals surface area contributed by atoms with Crippen LogP contribution in [-0.2, 0) is 0 Å². The lowest BCUT2D eigenvalue weighted by Crippen LogP contribution is -2.30. The molecule has 7 nitrogen and oxygen atoms in total. The molecule has 1 aromatic carbocycles. The molecule has 0 unspecified atom stereocenters. The van der Waals surface area contributed by atoms with Crippen LogP contribution in [0.4, 0.5) is 5.82 Å². The van der Waals surface area contributed by atoms with Crippen molar-refractivity contribution < 1.29 is 13.9 Å². The summed E-state index contributed by atoms with van der Waals surface area (Å²) in [7, 11) is 3.44. The summed E-state index contributed by atoms with van der Waals surface area (Å²) in [6.45, 7) is 5.94. The minimum Gasteiger partial charge on any atom is -0.497 e. The lowest BCUT2D eigenvalue weighted by molar-refractivity contribution is 0.0742. The van der Waals surface area contributed by atoms with E-state index in [0.29, 0.717) is 28.2 Å². The maximum absolute atomic E-state index is 13.5. The van der Waals surface area contributed by atoms with Gasteiger partial charge in [-0.15, -0.1) is 0 Å². The highest BCUT2D eigenvalue weighted by molar-refractivity contribution is 6.10. The lowest BCUT2D eigenvalue weighted by Gasteiger charge is -2.25. The molecule has 29 heavy (non-hydrogen) atoms. The Hall–Kier alpha value is -3.09. The van der Waals surface area contributed by atoms with Crippen molar-refractivity contribution in [2.75, 3.05) is 19.5 Å². The third kappa shape index (κ3) is 3.52. The number of furan rings is 1. The van der Waals surface area contributed by atoms with E-state index in [-0.39, 0.29) is 17.5 Å². The van der Waals surface area contributed by atoms with Crippen LogP contribution >= 0.6 is 0 Å². The molecular weight excluding hydrogens is 368 g/mol. The van der Waals surface area contributed by atoms with Crippen LogP contribution < -0.4 is 10.1 Å². The molecule has 1 N–H and O–H groups in total. The molecular formula is C22H26N4O3. The number of aromatic nitrogens is 2. The van der Waals surface area contributed by atoms with E-state index in [1.165, 1.54) is 6.33 Å². The van der Waals surface area contributed by atoms with Gasteiger partial charge in [-0.05, 0) is 51.3 Å². The monoisotopic (exact) mass is 394 g/mol. The molecule has 7 heteroatoms. The summed E-state index contributed by atoms with van der Waals surface area (Å²) in [5.41, 5.74) is 1.98. The number of amides is 1. The molecule has 1 saturated carbocycles. The number of anilines is 1. The topological polar surface area (TPSA) is 80.5 Å². The van der Waals surface area contributed by atoms with Crippen molar-refractivity contribution in [2.45, 2.75) is 45.2 Å². The summed E-state index contributed by atoms with van der Waals surface area (Å²) in [4.78, 5) is 23.8. The number of carbonyl (C=O) groups excluding carboxylic acids is 1. The second kappa shape index (κ2) is 7.06. The molecule has 0 spiro atoms. The largest absolute Gasteiger partial charge is 0.497 e. The van der Waals surface area contributed by atoms with Gasteiger partial charge >= 0.3 is 0 Å². The SMILES string of the molecule is COc1ccc([C@H](C)N(C)C(=O)c2c(C)oc3ncnc(NC4(C)CC4)c23)cc1. The van der Waals surface area contributed by atoms with Crippen molar-refractivity contribution in [3.8, 4) is 5.75 Å². The minimum atomic E-state index is -0.125. The van der Waals surface area contributed by atoms with Crippen LogP contribution in [0.2, 0.25) is 0 Å². The second-order valence-electron chi connectivity index (χ2n) is 7.99. The smallest absolute Gasteiger partial charge is 0.258 e. The van der Waals surface area contributed by atoms with E-state index in [1.807, 2.05) is 31.2 Å². The summed E-state index contributed by atoms with van der Waals surface area (Å²) >= 11 is 0. The molecule has 2 heterocycles. The molecule has 0 bridgehead atoms. The third-order valence-corrected chi connectivity index (χ3v) is 5.80. The number of aryl methyl sites for hydroxylation is 1. The van der Waals surface area contributed by atoms with Crippen molar-refractivity contribution in [2.24, 2.45) is 0 Å². The van der Waals surface area contributed by atoms with E-state index >= 15 is 0 Å². The van der Waals surface area contributed by atoms with Crippen LogP contribution in [0.3, 0.4) is 0 Å². The Morgan fingerprint density at radius 2 is 1.97 bits per heavy atom. The summed E-state index contributed by atoms with van der Waals surface area (Å²) in [6, 6.07) is 7.61. The molecule has 1 aliphatic rings. The number of hydrogen-bond acceptors (Lipinski definition) is 6. The van der Waals surface area contributed by atoms with Crippen molar-refractivity contribution >= 4 is 22.8 Å². The van der Waals surface area contributed by atoms with Gasteiger partial charge in [-0.2, -0.15) is 0 Å². The van der Waals surface area contributed by atoms with Crippen molar-refractivity contribution in [1.82, 2.24) is 14.9 Å². The fourth-order valence-corrected chi connectivity index (χ4v) is 3.45. The van der Waals surface area contributed by atoms with Crippen molar-refractivity contribution in [1.29, 1.82) is 0 Å². The van der Waals surface area contributed by atoms with Gasteiger partial charge in [0.15, 0.2) is 0 Å². The highest BCUT2D eigenvalue weighted by atomic mass is 16.5. The van der Waals surface area contributed by atoms with Crippen LogP contribution in [0.15, 0.2) is 35.0 Å². The van der Waals surface area contributed by atoms with Crippen LogP contribution in [0, 0.1) is 6.92 Å². The number of carbonyl (C=O) groups is 1. The Bertz CT molecular complexity index is 1050. The van der Waals surface area contributed by atoms with E-state index in [0.717, 1.165) is 24.2 Å². The highest BCUT2D eigenvalue weighted by Crippen LogP contribution is 2.40. The fourth-order valence-electron chi connectivity index (χ4n) is 3.45. The summed E-state index contributed by atoms with van der Waals surface area (Å²) in [5.74, 6) is 1.86. The van der Waals surface area contributed by atoms with Gasteiger partial charge in [-0.1, -0.05) is 12.1 Å². The van der Waals surface area contributed by atoms with Gasteiger partial charge in [0.25, 0.3) is 5.91 Å². The zero-order chi connectivity index (χ0) is 20.8. The van der Waals surface area contributed by atoms with Crippen LogP contribution in [-0.4, -0.2) is 40.5 Å². The predicted molar refractivity (Wildman–Crippen MR) is 111 cm³/mol. The van der Waals surface area contributed by atoms with E-state index in [9.17, 15) is 4.79 Å². The molecule has 2 aromatic heterocycles. The van der Waals surface area contributed by atoms with E-state index in [2.05, 4.69) is 22.2 Å². The normalized spacial score (nSPS) is 15.8. The summed E-state index contributed by atoms with van der Waals surface area (Å²) < 4.78 is 11.0. The fraction of sp³-hybridized carbons (Fsp3) is 0.409. The molecule has 1 aliphatic carbocycles. The number of ether oxygens (including phenoxy) is 1. The van der Waals surface area contributed by atoms with E-state index < -0.39 is 0 Å². The molecule has 0 aliphatic heterocycles. The minimum absolute atomic E-state index is 0.0229. The van der Waals surface area contributed by atoms with Gasteiger partial charge < -0.3 is 19.4 Å². The Kier molecular flexibility index (Phi) is 4.68. The molecule has 1 amide bonds. The second-order valence-corrected chi connectivity index (χ2v) is 7.99. The van der Waals surface area contributed by atoms with Crippen molar-refractivity contribution in [3.63, 3.8) is 0 Å². The Morgan fingerprint density at radius 3 is 2.59 bits per heavy atom. The number of nitrogens with zero attached hydrogens (tertiary/aromatic N) is 3. The average Bonchev–Trinajstić information content (AvgIpc) is 3.34. The average molecular weight is 394 g/mol.